The Morgan fingerprint density at radius 2 is 2.16 bits per heavy atom. The van der Waals surface area contributed by atoms with Crippen molar-refractivity contribution in [1.82, 2.24) is 5.32 Å². The van der Waals surface area contributed by atoms with Gasteiger partial charge in [0.15, 0.2) is 0 Å². The molecule has 5 nitrogen and oxygen atoms in total. The Morgan fingerprint density at radius 3 is 2.63 bits per heavy atom. The van der Waals surface area contributed by atoms with Gasteiger partial charge >= 0.3 is 0 Å². The first-order valence-electron chi connectivity index (χ1n) is 5.96. The van der Waals surface area contributed by atoms with Crippen LogP contribution in [0.3, 0.4) is 0 Å². The average Bonchev–Trinajstić information content (AvgIpc) is 2.38. The van der Waals surface area contributed by atoms with Gasteiger partial charge in [0.05, 0.1) is 10.5 Å². The molecule has 0 aliphatic carbocycles. The summed E-state index contributed by atoms with van der Waals surface area (Å²) in [6, 6.07) is 4.42. The van der Waals surface area contributed by atoms with Crippen LogP contribution in [0.4, 0.5) is 5.69 Å². The van der Waals surface area contributed by atoms with Crippen molar-refractivity contribution >= 4 is 23.2 Å². The molecule has 0 aliphatic heterocycles. The summed E-state index contributed by atoms with van der Waals surface area (Å²) in [7, 11) is 0. The summed E-state index contributed by atoms with van der Waals surface area (Å²) < 4.78 is 0. The molecule has 1 N–H and O–H groups in total. The van der Waals surface area contributed by atoms with Gasteiger partial charge in [0.2, 0.25) is 0 Å². The average molecular weight is 285 g/mol. The van der Waals surface area contributed by atoms with Gasteiger partial charge in [-0.1, -0.05) is 13.0 Å². The van der Waals surface area contributed by atoms with Crippen molar-refractivity contribution in [3.05, 3.63) is 39.4 Å². The standard InChI is InChI=1S/C13H17ClN2O3/c1-4-13(3,8-14)15-12(17)10-6-5-9(2)11(7-10)16(18)19/h5-7H,4,8H2,1-3H3,(H,15,17). The van der Waals surface area contributed by atoms with Gasteiger partial charge < -0.3 is 5.32 Å². The molecule has 1 unspecified atom stereocenters. The predicted molar refractivity (Wildman–Crippen MR) is 74.7 cm³/mol. The van der Waals surface area contributed by atoms with Gasteiger partial charge in [0.25, 0.3) is 11.6 Å². The van der Waals surface area contributed by atoms with Crippen LogP contribution in [0.1, 0.15) is 36.2 Å². The first-order chi connectivity index (χ1) is 8.83. The van der Waals surface area contributed by atoms with Crippen LogP contribution in [0, 0.1) is 17.0 Å². The topological polar surface area (TPSA) is 72.2 Å². The summed E-state index contributed by atoms with van der Waals surface area (Å²) >= 11 is 5.82. The molecule has 1 amide bonds. The van der Waals surface area contributed by atoms with E-state index >= 15 is 0 Å². The fourth-order valence-electron chi connectivity index (χ4n) is 1.51. The molecule has 0 fully saturated rings. The molecule has 0 aliphatic rings. The van der Waals surface area contributed by atoms with E-state index in [9.17, 15) is 14.9 Å². The van der Waals surface area contributed by atoms with Crippen LogP contribution in [0.5, 0.6) is 0 Å². The van der Waals surface area contributed by atoms with Crippen molar-refractivity contribution in [3.8, 4) is 0 Å². The number of nitro benzene ring substituents is 1. The third-order valence-corrected chi connectivity index (χ3v) is 3.75. The Hall–Kier alpha value is -1.62. The van der Waals surface area contributed by atoms with E-state index in [0.717, 1.165) is 0 Å². The molecule has 0 radical (unpaired) electrons. The van der Waals surface area contributed by atoms with Gasteiger partial charge in [-0.2, -0.15) is 0 Å². The lowest BCUT2D eigenvalue weighted by Crippen LogP contribution is -2.47. The lowest BCUT2D eigenvalue weighted by Gasteiger charge is -2.27. The van der Waals surface area contributed by atoms with Crippen molar-refractivity contribution < 1.29 is 9.72 Å². The fraction of sp³-hybridized carbons (Fsp3) is 0.462. The number of benzene rings is 1. The number of halogens is 1. The van der Waals surface area contributed by atoms with Crippen LogP contribution < -0.4 is 5.32 Å². The quantitative estimate of drug-likeness (QED) is 0.513. The number of rotatable bonds is 5. The summed E-state index contributed by atoms with van der Waals surface area (Å²) in [5.41, 5.74) is 0.217. The minimum atomic E-state index is -0.516. The number of carbonyl (C=O) groups excluding carboxylic acids is 1. The molecule has 0 aromatic heterocycles. The molecule has 0 saturated carbocycles. The largest absolute Gasteiger partial charge is 0.346 e. The lowest BCUT2D eigenvalue weighted by molar-refractivity contribution is -0.385. The normalized spacial score (nSPS) is 13.7. The zero-order valence-corrected chi connectivity index (χ0v) is 12.0. The van der Waals surface area contributed by atoms with Crippen LogP contribution in [-0.2, 0) is 0 Å². The van der Waals surface area contributed by atoms with E-state index in [0.29, 0.717) is 12.0 Å². The number of hydrogen-bond acceptors (Lipinski definition) is 3. The Kier molecular flexibility index (Phi) is 4.89. The molecule has 0 saturated heterocycles. The zero-order valence-electron chi connectivity index (χ0n) is 11.2. The Balaban J connectivity index is 3.01. The van der Waals surface area contributed by atoms with Gasteiger partial charge in [0, 0.05) is 23.1 Å². The number of nitrogens with zero attached hydrogens (tertiary/aromatic N) is 1. The Bertz CT molecular complexity index is 499. The number of nitrogens with one attached hydrogen (secondary N) is 1. The van der Waals surface area contributed by atoms with Gasteiger partial charge in [-0.3, -0.25) is 14.9 Å². The maximum atomic E-state index is 12.1. The number of aryl methyl sites for hydroxylation is 1. The summed E-state index contributed by atoms with van der Waals surface area (Å²) in [6.07, 6.45) is 0.677. The third-order valence-electron chi connectivity index (χ3n) is 3.16. The molecule has 1 atom stereocenters. The van der Waals surface area contributed by atoms with E-state index < -0.39 is 10.5 Å². The lowest BCUT2D eigenvalue weighted by atomic mass is 10.0. The second-order valence-electron chi connectivity index (χ2n) is 4.76. The minimum absolute atomic E-state index is 0.0586. The number of nitro groups is 1. The molecule has 6 heteroatoms. The van der Waals surface area contributed by atoms with Crippen molar-refractivity contribution in [2.75, 3.05) is 5.88 Å². The summed E-state index contributed by atoms with van der Waals surface area (Å²) in [5.74, 6) is -0.0727. The van der Waals surface area contributed by atoms with Gasteiger partial charge in [-0.05, 0) is 26.3 Å². The van der Waals surface area contributed by atoms with Gasteiger partial charge in [0.1, 0.15) is 0 Å². The molecule has 0 spiro atoms. The molecule has 1 aromatic carbocycles. The number of amides is 1. The molecule has 1 aromatic rings. The molecule has 1 rings (SSSR count). The predicted octanol–water partition coefficient (Wildman–Crippen LogP) is 3.04. The van der Waals surface area contributed by atoms with Gasteiger partial charge in [-0.15, -0.1) is 11.6 Å². The van der Waals surface area contributed by atoms with Gasteiger partial charge in [-0.25, -0.2) is 0 Å². The zero-order chi connectivity index (χ0) is 14.6. The second-order valence-corrected chi connectivity index (χ2v) is 5.03. The van der Waals surface area contributed by atoms with E-state index in [-0.39, 0.29) is 23.0 Å². The maximum absolute atomic E-state index is 12.1. The Morgan fingerprint density at radius 1 is 1.53 bits per heavy atom. The highest BCUT2D eigenvalue weighted by Gasteiger charge is 2.24. The highest BCUT2D eigenvalue weighted by Crippen LogP contribution is 2.20. The number of hydrogen-bond donors (Lipinski definition) is 1. The van der Waals surface area contributed by atoms with Crippen molar-refractivity contribution in [3.63, 3.8) is 0 Å². The minimum Gasteiger partial charge on any atom is -0.346 e. The summed E-state index contributed by atoms with van der Waals surface area (Å²) in [6.45, 7) is 5.38. The van der Waals surface area contributed by atoms with E-state index in [1.807, 2.05) is 13.8 Å². The highest BCUT2D eigenvalue weighted by atomic mass is 35.5. The number of carbonyl (C=O) groups is 1. The molecule has 0 heterocycles. The van der Waals surface area contributed by atoms with Crippen molar-refractivity contribution in [1.29, 1.82) is 0 Å². The second kappa shape index (κ2) is 6.02. The fourth-order valence-corrected chi connectivity index (χ4v) is 1.77. The van der Waals surface area contributed by atoms with Crippen molar-refractivity contribution in [2.24, 2.45) is 0 Å². The Labute approximate surface area is 117 Å². The molecule has 0 bridgehead atoms. The van der Waals surface area contributed by atoms with Crippen molar-refractivity contribution in [2.45, 2.75) is 32.7 Å². The first kappa shape index (κ1) is 15.4. The number of alkyl halides is 1. The molecular weight excluding hydrogens is 268 g/mol. The van der Waals surface area contributed by atoms with Crippen LogP contribution in [0.2, 0.25) is 0 Å². The van der Waals surface area contributed by atoms with E-state index in [1.165, 1.54) is 6.07 Å². The van der Waals surface area contributed by atoms with E-state index in [1.54, 1.807) is 19.1 Å². The van der Waals surface area contributed by atoms with E-state index in [4.69, 9.17) is 11.6 Å². The third kappa shape index (κ3) is 3.67. The van der Waals surface area contributed by atoms with Crippen LogP contribution in [0.25, 0.3) is 0 Å². The first-order valence-corrected chi connectivity index (χ1v) is 6.50. The summed E-state index contributed by atoms with van der Waals surface area (Å²) in [4.78, 5) is 22.4. The smallest absolute Gasteiger partial charge is 0.273 e. The molecule has 19 heavy (non-hydrogen) atoms. The van der Waals surface area contributed by atoms with Crippen LogP contribution in [-0.4, -0.2) is 22.2 Å². The monoisotopic (exact) mass is 284 g/mol. The maximum Gasteiger partial charge on any atom is 0.273 e. The molecule has 104 valence electrons. The highest BCUT2D eigenvalue weighted by molar-refractivity contribution is 6.18. The van der Waals surface area contributed by atoms with Crippen LogP contribution >= 0.6 is 11.6 Å². The van der Waals surface area contributed by atoms with Crippen LogP contribution in [0.15, 0.2) is 18.2 Å². The molecular formula is C13H17ClN2O3. The van der Waals surface area contributed by atoms with E-state index in [2.05, 4.69) is 5.32 Å². The SMILES string of the molecule is CCC(C)(CCl)NC(=O)c1ccc(C)c([N+](=O)[O-])c1. The summed E-state index contributed by atoms with van der Waals surface area (Å²) in [5, 5.41) is 13.6.